The van der Waals surface area contributed by atoms with Gasteiger partial charge < -0.3 is 9.47 Å². The monoisotopic (exact) mass is 228 g/mol. The number of hydrogen-bond acceptors (Lipinski definition) is 2. The second-order valence-electron chi connectivity index (χ2n) is 3.17. The van der Waals surface area contributed by atoms with Crippen molar-refractivity contribution in [3.63, 3.8) is 0 Å². The summed E-state index contributed by atoms with van der Waals surface area (Å²) >= 11 is 5.68. The van der Waals surface area contributed by atoms with E-state index in [1.54, 1.807) is 7.11 Å². The number of alkyl halides is 1. The molecule has 0 aromatic heterocycles. The van der Waals surface area contributed by atoms with E-state index in [4.69, 9.17) is 21.1 Å². The standard InChI is InChI=1S/C12H17ClO2/c1-3-15-11-8-4-6-10(7-5-9-13)12(11)14-2/h4,6,8H,3,5,7,9H2,1-2H3. The molecule has 2 nitrogen and oxygen atoms in total. The summed E-state index contributed by atoms with van der Waals surface area (Å²) in [7, 11) is 1.67. The van der Waals surface area contributed by atoms with Crippen LogP contribution in [0.4, 0.5) is 0 Å². The molecular formula is C12H17ClO2. The molecule has 0 aliphatic rings. The Kier molecular flexibility index (Phi) is 5.33. The number of aryl methyl sites for hydroxylation is 1. The third-order valence-corrected chi connectivity index (χ3v) is 2.41. The molecular weight excluding hydrogens is 212 g/mol. The van der Waals surface area contributed by atoms with Crippen molar-refractivity contribution in [3.8, 4) is 11.5 Å². The predicted molar refractivity (Wildman–Crippen MR) is 63.2 cm³/mol. The Balaban J connectivity index is 2.88. The van der Waals surface area contributed by atoms with Gasteiger partial charge in [0.15, 0.2) is 11.5 Å². The fourth-order valence-corrected chi connectivity index (χ4v) is 1.65. The van der Waals surface area contributed by atoms with Crippen LogP contribution in [0.3, 0.4) is 0 Å². The van der Waals surface area contributed by atoms with Crippen LogP contribution < -0.4 is 9.47 Å². The predicted octanol–water partition coefficient (Wildman–Crippen LogP) is 3.27. The van der Waals surface area contributed by atoms with Crippen molar-refractivity contribution in [2.45, 2.75) is 19.8 Å². The summed E-state index contributed by atoms with van der Waals surface area (Å²) in [5, 5.41) is 0. The molecule has 0 saturated carbocycles. The molecule has 3 heteroatoms. The summed E-state index contributed by atoms with van der Waals surface area (Å²) in [6.45, 7) is 2.61. The molecule has 1 rings (SSSR count). The molecule has 0 spiro atoms. The quantitative estimate of drug-likeness (QED) is 0.696. The fraction of sp³-hybridized carbons (Fsp3) is 0.500. The summed E-state index contributed by atoms with van der Waals surface area (Å²) in [6, 6.07) is 5.96. The van der Waals surface area contributed by atoms with Crippen LogP contribution in [-0.2, 0) is 6.42 Å². The van der Waals surface area contributed by atoms with Crippen LogP contribution in [0, 0.1) is 0 Å². The Morgan fingerprint density at radius 1 is 1.33 bits per heavy atom. The van der Waals surface area contributed by atoms with Gasteiger partial charge in [-0.15, -0.1) is 11.6 Å². The van der Waals surface area contributed by atoms with Crippen molar-refractivity contribution in [2.24, 2.45) is 0 Å². The molecule has 0 unspecified atom stereocenters. The average Bonchev–Trinajstić information content (AvgIpc) is 2.27. The summed E-state index contributed by atoms with van der Waals surface area (Å²) in [4.78, 5) is 0. The van der Waals surface area contributed by atoms with E-state index >= 15 is 0 Å². The van der Waals surface area contributed by atoms with Crippen LogP contribution in [-0.4, -0.2) is 19.6 Å². The van der Waals surface area contributed by atoms with Crippen LogP contribution in [0.1, 0.15) is 18.9 Å². The molecule has 0 aliphatic heterocycles. The van der Waals surface area contributed by atoms with Crippen LogP contribution in [0.15, 0.2) is 18.2 Å². The molecule has 84 valence electrons. The number of ether oxygens (including phenoxy) is 2. The summed E-state index contributed by atoms with van der Waals surface area (Å²) < 4.78 is 10.8. The summed E-state index contributed by atoms with van der Waals surface area (Å²) in [6.07, 6.45) is 1.88. The highest BCUT2D eigenvalue weighted by Gasteiger charge is 2.08. The molecule has 15 heavy (non-hydrogen) atoms. The zero-order chi connectivity index (χ0) is 11.1. The fourth-order valence-electron chi connectivity index (χ4n) is 1.52. The minimum atomic E-state index is 0.648. The maximum Gasteiger partial charge on any atom is 0.163 e. The zero-order valence-corrected chi connectivity index (χ0v) is 10.0. The summed E-state index contributed by atoms with van der Waals surface area (Å²) in [5.74, 6) is 2.32. The van der Waals surface area contributed by atoms with Gasteiger partial charge in [0, 0.05) is 5.88 Å². The number of methoxy groups -OCH3 is 1. The number of rotatable bonds is 6. The maximum atomic E-state index is 5.68. The van der Waals surface area contributed by atoms with Crippen molar-refractivity contribution in [1.82, 2.24) is 0 Å². The molecule has 1 aromatic carbocycles. The number of halogens is 1. The highest BCUT2D eigenvalue weighted by atomic mass is 35.5. The maximum absolute atomic E-state index is 5.68. The molecule has 0 aliphatic carbocycles. The Hall–Kier alpha value is -0.890. The normalized spacial score (nSPS) is 10.1. The minimum Gasteiger partial charge on any atom is -0.493 e. The van der Waals surface area contributed by atoms with Crippen molar-refractivity contribution in [3.05, 3.63) is 23.8 Å². The van der Waals surface area contributed by atoms with Gasteiger partial charge in [-0.2, -0.15) is 0 Å². The van der Waals surface area contributed by atoms with Crippen LogP contribution in [0.2, 0.25) is 0 Å². The van der Waals surface area contributed by atoms with E-state index in [9.17, 15) is 0 Å². The van der Waals surface area contributed by atoms with Crippen LogP contribution in [0.25, 0.3) is 0 Å². The van der Waals surface area contributed by atoms with E-state index < -0.39 is 0 Å². The number of para-hydroxylation sites is 1. The topological polar surface area (TPSA) is 18.5 Å². The molecule has 0 fully saturated rings. The zero-order valence-electron chi connectivity index (χ0n) is 9.25. The second-order valence-corrected chi connectivity index (χ2v) is 3.55. The number of hydrogen-bond donors (Lipinski definition) is 0. The van der Waals surface area contributed by atoms with Gasteiger partial charge in [0.2, 0.25) is 0 Å². The van der Waals surface area contributed by atoms with E-state index in [0.29, 0.717) is 12.5 Å². The van der Waals surface area contributed by atoms with E-state index in [1.165, 1.54) is 0 Å². The molecule has 0 heterocycles. The molecule has 0 N–H and O–H groups in total. The average molecular weight is 229 g/mol. The van der Waals surface area contributed by atoms with E-state index in [1.807, 2.05) is 25.1 Å². The lowest BCUT2D eigenvalue weighted by molar-refractivity contribution is 0.309. The lowest BCUT2D eigenvalue weighted by Gasteiger charge is -2.13. The third-order valence-electron chi connectivity index (χ3n) is 2.14. The lowest BCUT2D eigenvalue weighted by atomic mass is 10.1. The largest absolute Gasteiger partial charge is 0.493 e. The van der Waals surface area contributed by atoms with Gasteiger partial charge in [-0.3, -0.25) is 0 Å². The molecule has 1 aromatic rings. The molecule has 0 saturated heterocycles. The first-order valence-corrected chi connectivity index (χ1v) is 5.71. The van der Waals surface area contributed by atoms with Gasteiger partial charge in [0.1, 0.15) is 0 Å². The van der Waals surface area contributed by atoms with E-state index in [2.05, 4.69) is 0 Å². The first-order chi connectivity index (χ1) is 7.33. The Morgan fingerprint density at radius 2 is 2.13 bits per heavy atom. The van der Waals surface area contributed by atoms with Crippen LogP contribution >= 0.6 is 11.6 Å². The van der Waals surface area contributed by atoms with Crippen molar-refractivity contribution >= 4 is 11.6 Å². The highest BCUT2D eigenvalue weighted by Crippen LogP contribution is 2.31. The Labute approximate surface area is 96.2 Å². The summed E-state index contributed by atoms with van der Waals surface area (Å²) in [5.41, 5.74) is 1.16. The first kappa shape index (κ1) is 12.2. The number of benzene rings is 1. The van der Waals surface area contributed by atoms with Gasteiger partial charge in [0.25, 0.3) is 0 Å². The van der Waals surface area contributed by atoms with Gasteiger partial charge in [-0.1, -0.05) is 12.1 Å². The van der Waals surface area contributed by atoms with E-state index in [-0.39, 0.29) is 0 Å². The van der Waals surface area contributed by atoms with Crippen molar-refractivity contribution in [2.75, 3.05) is 19.6 Å². The molecule has 0 radical (unpaired) electrons. The van der Waals surface area contributed by atoms with Gasteiger partial charge in [0.05, 0.1) is 13.7 Å². The lowest BCUT2D eigenvalue weighted by Crippen LogP contribution is -1.99. The van der Waals surface area contributed by atoms with E-state index in [0.717, 1.165) is 29.9 Å². The van der Waals surface area contributed by atoms with Crippen molar-refractivity contribution < 1.29 is 9.47 Å². The van der Waals surface area contributed by atoms with Gasteiger partial charge >= 0.3 is 0 Å². The minimum absolute atomic E-state index is 0.648. The van der Waals surface area contributed by atoms with Crippen molar-refractivity contribution in [1.29, 1.82) is 0 Å². The highest BCUT2D eigenvalue weighted by molar-refractivity contribution is 6.17. The molecule has 0 atom stereocenters. The molecule has 0 bridgehead atoms. The Bertz CT molecular complexity index is 300. The first-order valence-electron chi connectivity index (χ1n) is 5.18. The third kappa shape index (κ3) is 3.31. The van der Waals surface area contributed by atoms with Gasteiger partial charge in [-0.05, 0) is 31.4 Å². The molecule has 0 amide bonds. The van der Waals surface area contributed by atoms with Gasteiger partial charge in [-0.25, -0.2) is 0 Å². The Morgan fingerprint density at radius 3 is 2.73 bits per heavy atom. The smallest absolute Gasteiger partial charge is 0.163 e. The second kappa shape index (κ2) is 6.57. The SMILES string of the molecule is CCOc1cccc(CCCCl)c1OC. The van der Waals surface area contributed by atoms with Crippen LogP contribution in [0.5, 0.6) is 11.5 Å².